The number of aromatic nitrogens is 3. The topological polar surface area (TPSA) is 60.4 Å². The first kappa shape index (κ1) is 24.7. The van der Waals surface area contributed by atoms with Gasteiger partial charge in [-0.3, -0.25) is 4.79 Å². The molecular formula is C27H22Cl2FN3O2S. The normalized spacial score (nSPS) is 13.2. The SMILES string of the molecule is CC(C)Cc1ccc(C(C)c2nc3s/c(=C/c4ccc(-c5cc(F)c(Cl)cc5Cl)o4)c(=O)n3n2)cc1. The Kier molecular flexibility index (Phi) is 6.72. The van der Waals surface area contributed by atoms with Crippen LogP contribution in [0.1, 0.15) is 49.4 Å². The maximum Gasteiger partial charge on any atom is 0.291 e. The molecule has 1 atom stereocenters. The molecule has 36 heavy (non-hydrogen) atoms. The largest absolute Gasteiger partial charge is 0.457 e. The summed E-state index contributed by atoms with van der Waals surface area (Å²) in [5, 5.41) is 4.69. The van der Waals surface area contributed by atoms with Crippen LogP contribution in [0, 0.1) is 11.7 Å². The molecule has 1 unspecified atom stereocenters. The predicted octanol–water partition coefficient (Wildman–Crippen LogP) is 6.75. The van der Waals surface area contributed by atoms with E-state index in [9.17, 15) is 9.18 Å². The fourth-order valence-electron chi connectivity index (χ4n) is 4.01. The van der Waals surface area contributed by atoms with Crippen molar-refractivity contribution in [1.82, 2.24) is 14.6 Å². The van der Waals surface area contributed by atoms with E-state index in [0.29, 0.717) is 38.3 Å². The minimum absolute atomic E-state index is 0.0471. The summed E-state index contributed by atoms with van der Waals surface area (Å²) in [5.74, 6) is 1.34. The fourth-order valence-corrected chi connectivity index (χ4v) is 5.38. The van der Waals surface area contributed by atoms with Gasteiger partial charge in [-0.25, -0.2) is 9.37 Å². The van der Waals surface area contributed by atoms with E-state index in [1.54, 1.807) is 18.2 Å². The zero-order valence-electron chi connectivity index (χ0n) is 19.8. The van der Waals surface area contributed by atoms with E-state index >= 15 is 0 Å². The van der Waals surface area contributed by atoms with E-state index in [1.807, 2.05) is 6.92 Å². The molecule has 5 rings (SSSR count). The van der Waals surface area contributed by atoms with Crippen LogP contribution in [-0.4, -0.2) is 14.6 Å². The number of thiazole rings is 1. The summed E-state index contributed by atoms with van der Waals surface area (Å²) in [4.78, 5) is 18.1. The Bertz CT molecular complexity index is 1670. The number of fused-ring (bicyclic) bond motifs is 1. The van der Waals surface area contributed by atoms with Crippen LogP contribution < -0.4 is 10.1 Å². The second-order valence-corrected chi connectivity index (χ2v) is 10.9. The van der Waals surface area contributed by atoms with Gasteiger partial charge in [-0.05, 0) is 47.7 Å². The van der Waals surface area contributed by atoms with Crippen molar-refractivity contribution in [2.45, 2.75) is 33.1 Å². The molecule has 0 fully saturated rings. The fraction of sp³-hybridized carbons (Fsp3) is 0.222. The molecule has 0 spiro atoms. The van der Waals surface area contributed by atoms with Crippen LogP contribution in [0.5, 0.6) is 0 Å². The van der Waals surface area contributed by atoms with Crippen molar-refractivity contribution in [2.75, 3.05) is 0 Å². The molecule has 0 aliphatic carbocycles. The second-order valence-electron chi connectivity index (χ2n) is 9.09. The monoisotopic (exact) mass is 541 g/mol. The predicted molar refractivity (Wildman–Crippen MR) is 143 cm³/mol. The van der Waals surface area contributed by atoms with Gasteiger partial charge >= 0.3 is 0 Å². The molecule has 184 valence electrons. The van der Waals surface area contributed by atoms with Crippen LogP contribution >= 0.6 is 34.5 Å². The van der Waals surface area contributed by atoms with E-state index in [-0.39, 0.29) is 21.5 Å². The highest BCUT2D eigenvalue weighted by atomic mass is 35.5. The average molecular weight is 542 g/mol. The van der Waals surface area contributed by atoms with Gasteiger partial charge in [-0.2, -0.15) is 4.52 Å². The van der Waals surface area contributed by atoms with Crippen LogP contribution in [0.4, 0.5) is 4.39 Å². The number of hydrogen-bond donors (Lipinski definition) is 0. The molecule has 9 heteroatoms. The molecule has 0 saturated carbocycles. The highest BCUT2D eigenvalue weighted by molar-refractivity contribution is 7.15. The van der Waals surface area contributed by atoms with Crippen molar-refractivity contribution in [2.24, 2.45) is 5.92 Å². The smallest absolute Gasteiger partial charge is 0.291 e. The van der Waals surface area contributed by atoms with Gasteiger partial charge in [-0.1, -0.05) is 79.6 Å². The van der Waals surface area contributed by atoms with Crippen LogP contribution in [0.3, 0.4) is 0 Å². The molecule has 0 amide bonds. The lowest BCUT2D eigenvalue weighted by molar-refractivity contribution is 0.569. The zero-order valence-corrected chi connectivity index (χ0v) is 22.1. The van der Waals surface area contributed by atoms with Gasteiger partial charge < -0.3 is 4.42 Å². The molecule has 5 nitrogen and oxygen atoms in total. The third-order valence-corrected chi connectivity index (χ3v) is 7.45. The van der Waals surface area contributed by atoms with E-state index in [1.165, 1.54) is 33.5 Å². The molecule has 0 bridgehead atoms. The average Bonchev–Trinajstić information content (AvgIpc) is 3.53. The molecule has 2 aromatic carbocycles. The molecule has 0 aliphatic rings. The van der Waals surface area contributed by atoms with Gasteiger partial charge in [0.25, 0.3) is 5.56 Å². The first-order valence-corrected chi connectivity index (χ1v) is 13.0. The Morgan fingerprint density at radius 2 is 1.83 bits per heavy atom. The van der Waals surface area contributed by atoms with Crippen molar-refractivity contribution in [3.05, 3.63) is 102 Å². The number of halogens is 3. The Labute approximate surface area is 220 Å². The first-order valence-electron chi connectivity index (χ1n) is 11.4. The number of nitrogens with zero attached hydrogens (tertiary/aromatic N) is 3. The third-order valence-electron chi connectivity index (χ3n) is 5.88. The molecule has 3 aromatic heterocycles. The number of benzene rings is 2. The van der Waals surface area contributed by atoms with Crippen LogP contribution in [0.2, 0.25) is 10.0 Å². The van der Waals surface area contributed by atoms with Crippen LogP contribution in [-0.2, 0) is 6.42 Å². The summed E-state index contributed by atoms with van der Waals surface area (Å²) in [6, 6.07) is 14.4. The van der Waals surface area contributed by atoms with E-state index < -0.39 is 5.82 Å². The molecular weight excluding hydrogens is 520 g/mol. The highest BCUT2D eigenvalue weighted by Crippen LogP contribution is 2.33. The van der Waals surface area contributed by atoms with Gasteiger partial charge in [-0.15, -0.1) is 5.10 Å². The number of hydrogen-bond acceptors (Lipinski definition) is 5. The van der Waals surface area contributed by atoms with Gasteiger partial charge in [0.05, 0.1) is 10.0 Å². The van der Waals surface area contributed by atoms with Gasteiger partial charge in [0.15, 0.2) is 5.82 Å². The van der Waals surface area contributed by atoms with E-state index in [4.69, 9.17) is 27.6 Å². The summed E-state index contributed by atoms with van der Waals surface area (Å²) in [7, 11) is 0. The highest BCUT2D eigenvalue weighted by Gasteiger charge is 2.18. The minimum atomic E-state index is -0.595. The first-order chi connectivity index (χ1) is 17.2. The van der Waals surface area contributed by atoms with Gasteiger partial charge in [0, 0.05) is 17.6 Å². The molecule has 0 N–H and O–H groups in total. The molecule has 5 aromatic rings. The van der Waals surface area contributed by atoms with Crippen molar-refractivity contribution in [3.63, 3.8) is 0 Å². The molecule has 0 radical (unpaired) electrons. The lowest BCUT2D eigenvalue weighted by Crippen LogP contribution is -2.23. The Morgan fingerprint density at radius 3 is 2.53 bits per heavy atom. The Hall–Kier alpha value is -3.00. The Morgan fingerprint density at radius 1 is 1.08 bits per heavy atom. The summed E-state index contributed by atoms with van der Waals surface area (Å²) >= 11 is 13.2. The minimum Gasteiger partial charge on any atom is -0.457 e. The maximum absolute atomic E-state index is 13.9. The summed E-state index contributed by atoms with van der Waals surface area (Å²) < 4.78 is 21.4. The maximum atomic E-state index is 13.9. The summed E-state index contributed by atoms with van der Waals surface area (Å²) in [5.41, 5.74) is 2.49. The number of rotatable bonds is 6. The lowest BCUT2D eigenvalue weighted by atomic mass is 9.96. The van der Waals surface area contributed by atoms with Crippen molar-refractivity contribution < 1.29 is 8.81 Å². The summed E-state index contributed by atoms with van der Waals surface area (Å²) in [6.07, 6.45) is 2.65. The Balaban J connectivity index is 1.42. The third kappa shape index (κ3) is 4.83. The van der Waals surface area contributed by atoms with Gasteiger partial charge in [0.2, 0.25) is 4.96 Å². The van der Waals surface area contributed by atoms with Crippen molar-refractivity contribution >= 4 is 45.6 Å². The van der Waals surface area contributed by atoms with Gasteiger partial charge in [0.1, 0.15) is 21.9 Å². The lowest BCUT2D eigenvalue weighted by Gasteiger charge is -2.10. The van der Waals surface area contributed by atoms with Crippen LogP contribution in [0.25, 0.3) is 22.4 Å². The molecule has 3 heterocycles. The van der Waals surface area contributed by atoms with Crippen molar-refractivity contribution in [1.29, 1.82) is 0 Å². The quantitative estimate of drug-likeness (QED) is 0.223. The zero-order chi connectivity index (χ0) is 25.6. The van der Waals surface area contributed by atoms with E-state index in [0.717, 1.165) is 12.0 Å². The second kappa shape index (κ2) is 9.81. The van der Waals surface area contributed by atoms with Crippen LogP contribution in [0.15, 0.2) is 57.7 Å². The molecule has 0 aliphatic heterocycles. The molecule has 0 saturated heterocycles. The standard InChI is InChI=1S/C27H22Cl2FN3O2S/c1-14(2)10-16-4-6-17(7-5-16)15(3)25-31-27-33(32-25)26(34)24(36-27)11-18-8-9-23(35-18)19-12-22(30)21(29)13-20(19)28/h4-9,11-15H,10H2,1-3H3/b24-11+. The van der Waals surface area contributed by atoms with Crippen molar-refractivity contribution in [3.8, 4) is 11.3 Å². The number of furan rings is 1. The van der Waals surface area contributed by atoms with E-state index in [2.05, 4.69) is 48.2 Å². The summed E-state index contributed by atoms with van der Waals surface area (Å²) in [6.45, 7) is 6.43.